The molecule has 112 valence electrons. The van der Waals surface area contributed by atoms with E-state index in [1.165, 1.54) is 12.8 Å². The van der Waals surface area contributed by atoms with Crippen LogP contribution in [-0.4, -0.2) is 65.8 Å². The fourth-order valence-electron chi connectivity index (χ4n) is 1.43. The van der Waals surface area contributed by atoms with Crippen LogP contribution in [0, 0.1) is 5.92 Å². The van der Waals surface area contributed by atoms with Crippen molar-refractivity contribution in [2.24, 2.45) is 5.92 Å². The van der Waals surface area contributed by atoms with Crippen LogP contribution in [0.3, 0.4) is 0 Å². The van der Waals surface area contributed by atoms with Crippen LogP contribution < -0.4 is 5.32 Å². The van der Waals surface area contributed by atoms with Crippen LogP contribution in [0.4, 0.5) is 0 Å². The number of rotatable bonds is 13. The molecule has 0 aromatic heterocycles. The van der Waals surface area contributed by atoms with Crippen LogP contribution in [0.1, 0.15) is 12.8 Å². The van der Waals surface area contributed by atoms with E-state index in [1.54, 1.807) is 7.11 Å². The van der Waals surface area contributed by atoms with Gasteiger partial charge in [0.25, 0.3) is 0 Å². The Morgan fingerprint density at radius 1 is 1.05 bits per heavy atom. The molecule has 0 amide bonds. The molecule has 0 aromatic rings. The van der Waals surface area contributed by atoms with Gasteiger partial charge in [-0.05, 0) is 25.3 Å². The molecule has 1 saturated carbocycles. The van der Waals surface area contributed by atoms with E-state index in [0.29, 0.717) is 39.6 Å². The second-order valence-electron chi connectivity index (χ2n) is 4.51. The molecule has 1 rings (SSSR count). The summed E-state index contributed by atoms with van der Waals surface area (Å²) in [6.07, 6.45) is 2.56. The number of ether oxygens (including phenoxy) is 4. The Kier molecular flexibility index (Phi) is 9.61. The maximum atomic E-state index is 11.3. The lowest BCUT2D eigenvalue weighted by Gasteiger charge is -2.07. The lowest BCUT2D eigenvalue weighted by Crippen LogP contribution is -2.27. The number of hydrogen-bond donors (Lipinski definition) is 1. The van der Waals surface area contributed by atoms with Crippen molar-refractivity contribution < 1.29 is 23.7 Å². The molecule has 1 N–H and O–H groups in total. The zero-order valence-corrected chi connectivity index (χ0v) is 11.7. The van der Waals surface area contributed by atoms with Gasteiger partial charge in [-0.2, -0.15) is 0 Å². The van der Waals surface area contributed by atoms with Crippen LogP contribution in [0.25, 0.3) is 0 Å². The summed E-state index contributed by atoms with van der Waals surface area (Å²) in [5.41, 5.74) is 0. The molecule has 0 bridgehead atoms. The fourth-order valence-corrected chi connectivity index (χ4v) is 1.43. The highest BCUT2D eigenvalue weighted by molar-refractivity contribution is 5.71. The molecule has 19 heavy (non-hydrogen) atoms. The largest absolute Gasteiger partial charge is 0.462 e. The van der Waals surface area contributed by atoms with Gasteiger partial charge in [0.1, 0.15) is 6.61 Å². The quantitative estimate of drug-likeness (QED) is 0.383. The van der Waals surface area contributed by atoms with Gasteiger partial charge in [-0.25, -0.2) is 0 Å². The Hall–Kier alpha value is -0.690. The van der Waals surface area contributed by atoms with Crippen molar-refractivity contribution in [3.8, 4) is 0 Å². The Balaban J connectivity index is 1.72. The molecule has 6 heteroatoms. The minimum absolute atomic E-state index is 0.222. The molecule has 1 aliphatic rings. The highest BCUT2D eigenvalue weighted by Crippen LogP contribution is 2.27. The monoisotopic (exact) mass is 275 g/mol. The van der Waals surface area contributed by atoms with E-state index in [1.807, 2.05) is 0 Å². The summed E-state index contributed by atoms with van der Waals surface area (Å²) in [6, 6.07) is 0. The van der Waals surface area contributed by atoms with Crippen molar-refractivity contribution >= 4 is 5.97 Å². The van der Waals surface area contributed by atoms with E-state index in [9.17, 15) is 4.79 Å². The zero-order chi connectivity index (χ0) is 13.8. The Labute approximate surface area is 114 Å². The average molecular weight is 275 g/mol. The van der Waals surface area contributed by atoms with Crippen LogP contribution in [0.5, 0.6) is 0 Å². The minimum Gasteiger partial charge on any atom is -0.462 e. The Morgan fingerprint density at radius 2 is 1.68 bits per heavy atom. The molecule has 0 unspecified atom stereocenters. The van der Waals surface area contributed by atoms with E-state index in [0.717, 1.165) is 12.5 Å². The molecular weight excluding hydrogens is 250 g/mol. The molecule has 1 aliphatic carbocycles. The van der Waals surface area contributed by atoms with Gasteiger partial charge in [0.2, 0.25) is 0 Å². The molecule has 0 heterocycles. The van der Waals surface area contributed by atoms with Gasteiger partial charge in [-0.15, -0.1) is 0 Å². The van der Waals surface area contributed by atoms with Gasteiger partial charge in [0, 0.05) is 7.11 Å². The van der Waals surface area contributed by atoms with Gasteiger partial charge in [-0.1, -0.05) is 0 Å². The topological polar surface area (TPSA) is 66.0 Å². The van der Waals surface area contributed by atoms with Gasteiger partial charge in [0.15, 0.2) is 0 Å². The molecule has 0 atom stereocenters. The van der Waals surface area contributed by atoms with Crippen molar-refractivity contribution in [2.75, 3.05) is 59.8 Å². The van der Waals surface area contributed by atoms with E-state index < -0.39 is 0 Å². The molecule has 0 radical (unpaired) electrons. The maximum absolute atomic E-state index is 11.3. The third-order valence-electron chi connectivity index (χ3n) is 2.69. The second kappa shape index (κ2) is 11.2. The minimum atomic E-state index is -0.222. The van der Waals surface area contributed by atoms with E-state index in [2.05, 4.69) is 5.32 Å². The fraction of sp³-hybridized carbons (Fsp3) is 0.923. The van der Waals surface area contributed by atoms with E-state index in [4.69, 9.17) is 18.9 Å². The molecule has 0 aromatic carbocycles. The Morgan fingerprint density at radius 3 is 2.32 bits per heavy atom. The smallest absolute Gasteiger partial charge is 0.320 e. The molecule has 1 fully saturated rings. The number of methoxy groups -OCH3 is 1. The number of hydrogen-bond acceptors (Lipinski definition) is 6. The van der Waals surface area contributed by atoms with Gasteiger partial charge < -0.3 is 24.3 Å². The molecular formula is C13H25NO5. The summed E-state index contributed by atoms with van der Waals surface area (Å²) in [7, 11) is 1.63. The summed E-state index contributed by atoms with van der Waals surface area (Å²) in [5, 5.41) is 3.08. The van der Waals surface area contributed by atoms with E-state index >= 15 is 0 Å². The van der Waals surface area contributed by atoms with Crippen LogP contribution in [-0.2, 0) is 23.7 Å². The standard InChI is InChI=1S/C13H25NO5/c1-16-4-5-17-6-7-18-8-9-19-13(15)11-14-10-12-2-3-12/h12,14H,2-11H2,1H3. The lowest BCUT2D eigenvalue weighted by atomic mass is 10.4. The van der Waals surface area contributed by atoms with Gasteiger partial charge in [0.05, 0.1) is 39.6 Å². The number of carbonyl (C=O) groups is 1. The number of esters is 1. The third kappa shape index (κ3) is 10.9. The molecule has 0 saturated heterocycles. The normalized spacial score (nSPS) is 14.6. The SMILES string of the molecule is COCCOCCOCCOC(=O)CNCC1CC1. The maximum Gasteiger partial charge on any atom is 0.320 e. The van der Waals surface area contributed by atoms with E-state index in [-0.39, 0.29) is 12.5 Å². The van der Waals surface area contributed by atoms with Crippen LogP contribution in [0.2, 0.25) is 0 Å². The summed E-state index contributed by atoms with van der Waals surface area (Å²) < 4.78 is 20.3. The third-order valence-corrected chi connectivity index (χ3v) is 2.69. The lowest BCUT2D eigenvalue weighted by molar-refractivity contribution is -0.144. The van der Waals surface area contributed by atoms with Crippen molar-refractivity contribution in [1.29, 1.82) is 0 Å². The first-order valence-electron chi connectivity index (χ1n) is 6.83. The first kappa shape index (κ1) is 16.4. The van der Waals surface area contributed by atoms with Crippen molar-refractivity contribution in [3.05, 3.63) is 0 Å². The zero-order valence-electron chi connectivity index (χ0n) is 11.7. The van der Waals surface area contributed by atoms with Crippen LogP contribution >= 0.6 is 0 Å². The first-order valence-corrected chi connectivity index (χ1v) is 6.83. The summed E-state index contributed by atoms with van der Waals surface area (Å²) in [5.74, 6) is 0.551. The van der Waals surface area contributed by atoms with Gasteiger partial charge in [-0.3, -0.25) is 4.79 Å². The highest BCUT2D eigenvalue weighted by Gasteiger charge is 2.20. The summed E-state index contributed by atoms with van der Waals surface area (Å²) >= 11 is 0. The number of nitrogens with one attached hydrogen (secondary N) is 1. The first-order chi connectivity index (χ1) is 9.33. The summed E-state index contributed by atoms with van der Waals surface area (Å²) in [6.45, 7) is 4.10. The predicted molar refractivity (Wildman–Crippen MR) is 70.1 cm³/mol. The van der Waals surface area contributed by atoms with Crippen molar-refractivity contribution in [3.63, 3.8) is 0 Å². The number of carbonyl (C=O) groups excluding carboxylic acids is 1. The average Bonchev–Trinajstić information content (AvgIpc) is 3.21. The summed E-state index contributed by atoms with van der Waals surface area (Å²) in [4.78, 5) is 11.3. The molecule has 0 spiro atoms. The Bertz CT molecular complexity index is 233. The highest BCUT2D eigenvalue weighted by atomic mass is 16.6. The van der Waals surface area contributed by atoms with Crippen molar-refractivity contribution in [2.45, 2.75) is 12.8 Å². The van der Waals surface area contributed by atoms with Gasteiger partial charge >= 0.3 is 5.97 Å². The van der Waals surface area contributed by atoms with Crippen LogP contribution in [0.15, 0.2) is 0 Å². The predicted octanol–water partition coefficient (Wildman–Crippen LogP) is 0.209. The van der Waals surface area contributed by atoms with Crippen molar-refractivity contribution in [1.82, 2.24) is 5.32 Å². The molecule has 6 nitrogen and oxygen atoms in total. The second-order valence-corrected chi connectivity index (χ2v) is 4.51. The molecule has 0 aliphatic heterocycles.